The molecular formula is C12H19F2INaO3P7. The van der Waals surface area contributed by atoms with Crippen LogP contribution >= 0.6 is 80.2 Å². The van der Waals surface area contributed by atoms with Crippen molar-refractivity contribution >= 4 is 80.2 Å². The van der Waals surface area contributed by atoms with Crippen LogP contribution < -0.4 is 29.6 Å². The minimum atomic E-state index is -0.331. The second-order valence-electron chi connectivity index (χ2n) is 3.93. The Hall–Kier alpha value is 2.60. The van der Waals surface area contributed by atoms with E-state index in [-0.39, 0.29) is 72.1 Å². The van der Waals surface area contributed by atoms with E-state index in [4.69, 9.17) is 10.2 Å². The molecule has 6 atom stereocenters. The Kier molecular flexibility index (Phi) is 25.0. The summed E-state index contributed by atoms with van der Waals surface area (Å²) in [7, 11) is 12.4. The number of benzene rings is 2. The normalized spacial score (nSPS) is 10.6. The first kappa shape index (κ1) is 33.2. The van der Waals surface area contributed by atoms with E-state index in [0.717, 1.165) is 7.96 Å². The largest absolute Gasteiger partial charge is 1.00 e. The summed E-state index contributed by atoms with van der Waals surface area (Å²) in [5.74, 6) is -0.441. The van der Waals surface area contributed by atoms with Crippen LogP contribution in [0, 0.1) is 15.2 Å². The van der Waals surface area contributed by atoms with Crippen LogP contribution in [-0.2, 0) is 0 Å². The van der Waals surface area contributed by atoms with Crippen molar-refractivity contribution < 1.29 is 54.0 Å². The SMILES string of the molecule is Oc1ccc(F)cc1.Oc1ccc(F)cc1I.PPP(P)P(P)P.[Na+].[OH-]. The maximum Gasteiger partial charge on any atom is 1.00 e. The van der Waals surface area contributed by atoms with Crippen molar-refractivity contribution in [1.29, 1.82) is 0 Å². The Morgan fingerprint density at radius 2 is 1.38 bits per heavy atom. The quantitative estimate of drug-likeness (QED) is 0.304. The zero-order valence-corrected chi connectivity index (χ0v) is 25.3. The van der Waals surface area contributed by atoms with Crippen molar-refractivity contribution in [1.82, 2.24) is 0 Å². The van der Waals surface area contributed by atoms with Gasteiger partial charge in [0.1, 0.15) is 23.1 Å². The Labute approximate surface area is 201 Å². The fourth-order valence-electron chi connectivity index (χ4n) is 0.989. The molecule has 2 aromatic rings. The third-order valence-corrected chi connectivity index (χ3v) is 33.5. The van der Waals surface area contributed by atoms with E-state index in [1.54, 1.807) is 0 Å². The molecule has 0 bridgehead atoms. The summed E-state index contributed by atoms with van der Waals surface area (Å²) in [6.07, 6.45) is 0. The van der Waals surface area contributed by atoms with Gasteiger partial charge in [0.25, 0.3) is 0 Å². The number of aromatic hydroxyl groups is 2. The minimum absolute atomic E-state index is 0. The number of hydrogen-bond acceptors (Lipinski definition) is 3. The van der Waals surface area contributed by atoms with E-state index in [1.807, 2.05) is 22.6 Å². The fraction of sp³-hybridized carbons (Fsp3) is 0. The first-order valence-corrected chi connectivity index (χ1v) is 19.0. The molecule has 26 heavy (non-hydrogen) atoms. The van der Waals surface area contributed by atoms with Crippen molar-refractivity contribution in [3.8, 4) is 11.5 Å². The maximum atomic E-state index is 12.2. The van der Waals surface area contributed by atoms with E-state index in [9.17, 15) is 8.78 Å². The van der Waals surface area contributed by atoms with Crippen LogP contribution in [0.15, 0.2) is 42.5 Å². The number of phenolic OH excluding ortho intramolecular Hbond substituents is 2. The Morgan fingerprint density at radius 1 is 0.923 bits per heavy atom. The summed E-state index contributed by atoms with van der Waals surface area (Å²) >= 11 is 1.86. The summed E-state index contributed by atoms with van der Waals surface area (Å²) in [5, 5.41) is 17.5. The number of rotatable bonds is 2. The second-order valence-corrected chi connectivity index (χ2v) is 27.3. The van der Waals surface area contributed by atoms with Gasteiger partial charge in [-0.2, -0.15) is 0 Å². The number of halogens is 3. The zero-order chi connectivity index (χ0) is 18.7. The second kappa shape index (κ2) is 19.6. The molecule has 0 aromatic heterocycles. The van der Waals surface area contributed by atoms with Crippen LogP contribution in [0.1, 0.15) is 0 Å². The molecule has 0 radical (unpaired) electrons. The van der Waals surface area contributed by atoms with Gasteiger partial charge >= 0.3 is 29.6 Å². The molecule has 0 heterocycles. The Bertz CT molecular complexity index is 593. The molecule has 2 aromatic carbocycles. The summed E-state index contributed by atoms with van der Waals surface area (Å²) in [4.78, 5) is 0. The third kappa shape index (κ3) is 17.5. The Balaban J connectivity index is -0.000000297. The van der Waals surface area contributed by atoms with Crippen molar-refractivity contribution in [2.75, 3.05) is 0 Å². The van der Waals surface area contributed by atoms with Gasteiger partial charge in [0.05, 0.1) is 3.57 Å². The van der Waals surface area contributed by atoms with Gasteiger partial charge in [0.2, 0.25) is 0 Å². The molecule has 14 heteroatoms. The van der Waals surface area contributed by atoms with Crippen molar-refractivity contribution in [3.05, 3.63) is 57.7 Å². The van der Waals surface area contributed by atoms with Gasteiger partial charge in [-0.3, -0.25) is 0 Å². The van der Waals surface area contributed by atoms with Gasteiger partial charge < -0.3 is 15.7 Å². The van der Waals surface area contributed by atoms with Gasteiger partial charge in [-0.25, -0.2) is 8.78 Å². The summed E-state index contributed by atoms with van der Waals surface area (Å²) in [6, 6.07) is 8.83. The molecular weight excluding hydrogens is 597 g/mol. The van der Waals surface area contributed by atoms with Crippen LogP contribution in [-0.4, -0.2) is 15.7 Å². The molecule has 0 amide bonds. The summed E-state index contributed by atoms with van der Waals surface area (Å²) in [5.41, 5.74) is 0. The molecule has 0 fully saturated rings. The molecule has 0 saturated carbocycles. The molecule has 6 unspecified atom stereocenters. The molecule has 0 aliphatic carbocycles. The van der Waals surface area contributed by atoms with Crippen LogP contribution in [0.25, 0.3) is 0 Å². The smallest absolute Gasteiger partial charge is 0.870 e. The zero-order valence-electron chi connectivity index (χ0n) is 13.7. The third-order valence-electron chi connectivity index (χ3n) is 2.12. The topological polar surface area (TPSA) is 70.5 Å². The summed E-state index contributed by atoms with van der Waals surface area (Å²) < 4.78 is 24.7. The molecule has 3 nitrogen and oxygen atoms in total. The predicted molar refractivity (Wildman–Crippen MR) is 132 cm³/mol. The Morgan fingerprint density at radius 3 is 1.65 bits per heavy atom. The molecule has 142 valence electrons. The van der Waals surface area contributed by atoms with E-state index < -0.39 is 0 Å². The molecule has 3 N–H and O–H groups in total. The number of hydrogen-bond donors (Lipinski definition) is 2. The maximum absolute atomic E-state index is 12.2. The van der Waals surface area contributed by atoms with Crippen molar-refractivity contribution in [2.24, 2.45) is 0 Å². The average Bonchev–Trinajstić information content (AvgIpc) is 2.54. The molecule has 0 aliphatic heterocycles. The van der Waals surface area contributed by atoms with Crippen LogP contribution in [0.5, 0.6) is 11.5 Å². The molecule has 0 saturated heterocycles. The van der Waals surface area contributed by atoms with Gasteiger partial charge in [-0.15, -0.1) is 35.7 Å². The van der Waals surface area contributed by atoms with Gasteiger partial charge in [0.15, 0.2) is 0 Å². The summed E-state index contributed by atoms with van der Waals surface area (Å²) in [6.45, 7) is 0.452. The standard InChI is InChI=1S/C6H4FIO.C6H5FO.Na.H2O.H9P7/c7-4-1-2-6(9)5(8)3-4;7-5-1-3-6(8)4-2-5;;;1-5-7(4)6(2)3/h1-3,9H;1-4,8H;;1H2;5H,1-4H2/q;;+1;;/p-1. The van der Waals surface area contributed by atoms with Crippen LogP contribution in [0.4, 0.5) is 8.78 Å². The van der Waals surface area contributed by atoms with E-state index in [1.165, 1.54) is 42.5 Å². The first-order valence-electron chi connectivity index (χ1n) is 6.06. The monoisotopic (exact) mass is 616 g/mol. The van der Waals surface area contributed by atoms with Gasteiger partial charge in [-0.1, -0.05) is 7.96 Å². The first-order chi connectivity index (χ1) is 11.2. The van der Waals surface area contributed by atoms with E-state index in [2.05, 4.69) is 35.7 Å². The predicted octanol–water partition coefficient (Wildman–Crippen LogP) is 4.11. The fourth-order valence-corrected chi connectivity index (χ4v) is 17.6. The van der Waals surface area contributed by atoms with Crippen molar-refractivity contribution in [2.45, 2.75) is 0 Å². The average molecular weight is 616 g/mol. The van der Waals surface area contributed by atoms with E-state index >= 15 is 0 Å². The van der Waals surface area contributed by atoms with Gasteiger partial charge in [0, 0.05) is 0 Å². The van der Waals surface area contributed by atoms with Crippen molar-refractivity contribution in [3.63, 3.8) is 0 Å². The molecule has 0 aliphatic rings. The van der Waals surface area contributed by atoms with Crippen LogP contribution in [0.3, 0.4) is 0 Å². The van der Waals surface area contributed by atoms with E-state index in [0.29, 0.717) is 3.57 Å². The molecule has 2 rings (SSSR count). The van der Waals surface area contributed by atoms with Gasteiger partial charge in [-0.05, 0) is 79.0 Å². The van der Waals surface area contributed by atoms with Crippen LogP contribution in [0.2, 0.25) is 0 Å². The minimum Gasteiger partial charge on any atom is -0.870 e. The number of phenols is 2. The molecule has 0 spiro atoms.